The van der Waals surface area contributed by atoms with Crippen LogP contribution in [-0.2, 0) is 11.3 Å². The summed E-state index contributed by atoms with van der Waals surface area (Å²) in [7, 11) is 1.63. The summed E-state index contributed by atoms with van der Waals surface area (Å²) < 4.78 is 18.3. The molecule has 31 heavy (non-hydrogen) atoms. The number of hydrogen-bond acceptors (Lipinski definition) is 5. The van der Waals surface area contributed by atoms with Gasteiger partial charge in [-0.3, -0.25) is 4.79 Å². The number of rotatable bonds is 6. The van der Waals surface area contributed by atoms with Gasteiger partial charge in [0, 0.05) is 25.2 Å². The number of anilines is 1. The van der Waals surface area contributed by atoms with Crippen LogP contribution in [0.5, 0.6) is 5.75 Å². The third-order valence-electron chi connectivity index (χ3n) is 5.51. The molecule has 1 atom stereocenters. The number of aromatic nitrogens is 2. The topological polar surface area (TPSA) is 67.3 Å². The minimum absolute atomic E-state index is 0.0448. The Morgan fingerprint density at radius 1 is 1.16 bits per heavy atom. The third kappa shape index (κ3) is 5.17. The number of methoxy groups -OCH3 is 1. The fourth-order valence-corrected chi connectivity index (χ4v) is 3.78. The zero-order valence-corrected chi connectivity index (χ0v) is 17.4. The Labute approximate surface area is 181 Å². The zero-order chi connectivity index (χ0) is 21.6. The van der Waals surface area contributed by atoms with E-state index in [1.165, 1.54) is 12.1 Å². The molecule has 1 aromatic heterocycles. The lowest BCUT2D eigenvalue weighted by atomic mass is 9.97. The summed E-state index contributed by atoms with van der Waals surface area (Å²) in [4.78, 5) is 14.8. The van der Waals surface area contributed by atoms with Crippen molar-refractivity contribution in [3.05, 3.63) is 72.0 Å². The summed E-state index contributed by atoms with van der Waals surface area (Å²) >= 11 is 0. The fraction of sp³-hybridized carbons (Fsp3) is 0.292. The molecular weight excluding hydrogens is 395 g/mol. The van der Waals surface area contributed by atoms with Crippen LogP contribution < -0.4 is 15.0 Å². The molecule has 0 saturated carbocycles. The van der Waals surface area contributed by atoms with E-state index in [1.54, 1.807) is 19.2 Å². The Balaban J connectivity index is 1.36. The van der Waals surface area contributed by atoms with Gasteiger partial charge in [0.25, 0.3) is 0 Å². The third-order valence-corrected chi connectivity index (χ3v) is 5.51. The molecule has 1 aliphatic heterocycles. The minimum Gasteiger partial charge on any atom is -0.497 e. The normalized spacial score (nSPS) is 16.1. The van der Waals surface area contributed by atoms with Gasteiger partial charge in [-0.05, 0) is 66.9 Å². The smallest absolute Gasteiger partial charge is 0.225 e. The standard InChI is InChI=1S/C24H25FN4O2/c1-31-21-6-2-4-17(14-21)15-26-24(30)19-5-3-13-29(16-19)23-12-11-22(27-28-23)18-7-9-20(25)10-8-18/h2,4,6-12,14,19H,3,5,13,15-16H2,1H3,(H,26,30). The second-order valence-electron chi connectivity index (χ2n) is 7.64. The van der Waals surface area contributed by atoms with E-state index in [2.05, 4.69) is 20.4 Å². The lowest BCUT2D eigenvalue weighted by molar-refractivity contribution is -0.125. The molecule has 1 aliphatic rings. The number of nitrogens with one attached hydrogen (secondary N) is 1. The van der Waals surface area contributed by atoms with Gasteiger partial charge in [-0.15, -0.1) is 10.2 Å². The number of halogens is 1. The Kier molecular flexibility index (Phi) is 6.40. The number of carbonyl (C=O) groups is 1. The summed E-state index contributed by atoms with van der Waals surface area (Å²) in [6.07, 6.45) is 1.76. The molecule has 7 heteroatoms. The quantitative estimate of drug-likeness (QED) is 0.657. The van der Waals surface area contributed by atoms with Crippen LogP contribution >= 0.6 is 0 Å². The maximum Gasteiger partial charge on any atom is 0.225 e. The highest BCUT2D eigenvalue weighted by Crippen LogP contribution is 2.24. The second kappa shape index (κ2) is 9.55. The maximum atomic E-state index is 13.1. The maximum absolute atomic E-state index is 13.1. The van der Waals surface area contributed by atoms with Crippen molar-refractivity contribution in [1.82, 2.24) is 15.5 Å². The predicted octanol–water partition coefficient (Wildman–Crippen LogP) is 3.82. The summed E-state index contributed by atoms with van der Waals surface area (Å²) in [5.74, 6) is 1.19. The van der Waals surface area contributed by atoms with Crippen LogP contribution in [0.3, 0.4) is 0 Å². The Hall–Kier alpha value is -3.48. The van der Waals surface area contributed by atoms with Crippen molar-refractivity contribution in [2.24, 2.45) is 5.92 Å². The summed E-state index contributed by atoms with van der Waals surface area (Å²) in [6.45, 7) is 1.91. The lowest BCUT2D eigenvalue weighted by Crippen LogP contribution is -2.43. The molecule has 1 N–H and O–H groups in total. The molecule has 6 nitrogen and oxygen atoms in total. The number of hydrogen-bond donors (Lipinski definition) is 1. The minimum atomic E-state index is -0.280. The largest absolute Gasteiger partial charge is 0.497 e. The molecule has 160 valence electrons. The van der Waals surface area contributed by atoms with E-state index in [-0.39, 0.29) is 17.6 Å². The van der Waals surface area contributed by atoms with Gasteiger partial charge in [-0.1, -0.05) is 12.1 Å². The highest BCUT2D eigenvalue weighted by molar-refractivity contribution is 5.79. The van der Waals surface area contributed by atoms with E-state index in [0.717, 1.165) is 42.1 Å². The van der Waals surface area contributed by atoms with Gasteiger partial charge < -0.3 is 15.0 Å². The number of carbonyl (C=O) groups excluding carboxylic acids is 1. The first-order valence-electron chi connectivity index (χ1n) is 10.4. The molecule has 3 aromatic rings. The Morgan fingerprint density at radius 2 is 2.00 bits per heavy atom. The van der Waals surface area contributed by atoms with Crippen molar-refractivity contribution < 1.29 is 13.9 Å². The van der Waals surface area contributed by atoms with E-state index >= 15 is 0 Å². The first kappa shape index (κ1) is 20.8. The molecule has 2 heterocycles. The van der Waals surface area contributed by atoms with E-state index in [1.807, 2.05) is 36.4 Å². The number of amides is 1. The number of nitrogens with zero attached hydrogens (tertiary/aromatic N) is 3. The van der Waals surface area contributed by atoms with Crippen molar-refractivity contribution in [1.29, 1.82) is 0 Å². The molecule has 0 spiro atoms. The van der Waals surface area contributed by atoms with Gasteiger partial charge in [0.05, 0.1) is 18.7 Å². The van der Waals surface area contributed by atoms with Crippen LogP contribution in [-0.4, -0.2) is 36.3 Å². The molecule has 1 fully saturated rings. The van der Waals surface area contributed by atoms with Gasteiger partial charge in [0.15, 0.2) is 5.82 Å². The SMILES string of the molecule is COc1cccc(CNC(=O)C2CCCN(c3ccc(-c4ccc(F)cc4)nn3)C2)c1. The molecule has 0 aliphatic carbocycles. The van der Waals surface area contributed by atoms with Crippen molar-refractivity contribution in [3.8, 4) is 17.0 Å². The molecule has 1 amide bonds. The van der Waals surface area contributed by atoms with Crippen LogP contribution in [0.4, 0.5) is 10.2 Å². The van der Waals surface area contributed by atoms with E-state index in [9.17, 15) is 9.18 Å². The van der Waals surface area contributed by atoms with Crippen LogP contribution in [0.25, 0.3) is 11.3 Å². The van der Waals surface area contributed by atoms with Gasteiger partial charge in [-0.2, -0.15) is 0 Å². The predicted molar refractivity (Wildman–Crippen MR) is 117 cm³/mol. The van der Waals surface area contributed by atoms with Crippen LogP contribution in [0.1, 0.15) is 18.4 Å². The van der Waals surface area contributed by atoms with E-state index in [0.29, 0.717) is 18.8 Å². The Bertz CT molecular complexity index is 1020. The monoisotopic (exact) mass is 420 g/mol. The van der Waals surface area contributed by atoms with Crippen molar-refractivity contribution >= 4 is 11.7 Å². The average Bonchev–Trinajstić information content (AvgIpc) is 2.83. The second-order valence-corrected chi connectivity index (χ2v) is 7.64. The molecule has 1 unspecified atom stereocenters. The summed E-state index contributed by atoms with van der Waals surface area (Å²) in [6, 6.07) is 17.6. The molecular formula is C24H25FN4O2. The van der Waals surface area contributed by atoms with Crippen molar-refractivity contribution in [2.75, 3.05) is 25.1 Å². The zero-order valence-electron chi connectivity index (χ0n) is 17.4. The van der Waals surface area contributed by atoms with E-state index < -0.39 is 0 Å². The van der Waals surface area contributed by atoms with Crippen molar-refractivity contribution in [3.63, 3.8) is 0 Å². The highest BCUT2D eigenvalue weighted by Gasteiger charge is 2.26. The van der Waals surface area contributed by atoms with Crippen LogP contribution in [0, 0.1) is 11.7 Å². The number of ether oxygens (including phenoxy) is 1. The van der Waals surface area contributed by atoms with Gasteiger partial charge in [0.1, 0.15) is 11.6 Å². The molecule has 0 radical (unpaired) electrons. The summed E-state index contributed by atoms with van der Waals surface area (Å²) in [5, 5.41) is 11.7. The summed E-state index contributed by atoms with van der Waals surface area (Å²) in [5.41, 5.74) is 2.50. The van der Waals surface area contributed by atoms with Gasteiger partial charge in [-0.25, -0.2) is 4.39 Å². The first-order valence-corrected chi connectivity index (χ1v) is 10.4. The molecule has 0 bridgehead atoms. The molecule has 4 rings (SSSR count). The lowest BCUT2D eigenvalue weighted by Gasteiger charge is -2.32. The average molecular weight is 420 g/mol. The van der Waals surface area contributed by atoms with E-state index in [4.69, 9.17) is 4.74 Å². The number of piperidine rings is 1. The Morgan fingerprint density at radius 3 is 2.74 bits per heavy atom. The van der Waals surface area contributed by atoms with Gasteiger partial charge >= 0.3 is 0 Å². The van der Waals surface area contributed by atoms with Gasteiger partial charge in [0.2, 0.25) is 5.91 Å². The van der Waals surface area contributed by atoms with Crippen molar-refractivity contribution in [2.45, 2.75) is 19.4 Å². The number of benzene rings is 2. The highest BCUT2D eigenvalue weighted by atomic mass is 19.1. The van der Waals surface area contributed by atoms with Crippen LogP contribution in [0.15, 0.2) is 60.7 Å². The van der Waals surface area contributed by atoms with Crippen LogP contribution in [0.2, 0.25) is 0 Å². The first-order chi connectivity index (χ1) is 15.1. The molecule has 2 aromatic carbocycles. The molecule has 1 saturated heterocycles. The fourth-order valence-electron chi connectivity index (χ4n) is 3.78.